The smallest absolute Gasteiger partial charge is 0.335 e. The van der Waals surface area contributed by atoms with Crippen LogP contribution in [-0.2, 0) is 12.0 Å². The summed E-state index contributed by atoms with van der Waals surface area (Å²) in [5.41, 5.74) is 0.339. The number of nitrogens with zero attached hydrogens (tertiary/aromatic N) is 4. The standard InChI is InChI=1S/C27H23BrN4O6/c1-27(2,3)26-30-21-12-11-19(28)13-20(21)24(33)31(26)29-14-18-5-4-6-22(32(36)37)23(18)38-15-16-7-9-17(10-8-16)25(34)35/h4-14H,15H2,1-3H3,(H,34,35). The molecule has 1 heterocycles. The molecule has 38 heavy (non-hydrogen) atoms. The summed E-state index contributed by atoms with van der Waals surface area (Å²) in [5, 5.41) is 25.6. The average Bonchev–Trinajstić information content (AvgIpc) is 2.86. The lowest BCUT2D eigenvalue weighted by molar-refractivity contribution is -0.385. The molecule has 0 radical (unpaired) electrons. The molecular weight excluding hydrogens is 556 g/mol. The van der Waals surface area contributed by atoms with Gasteiger partial charge in [-0.05, 0) is 42.0 Å². The van der Waals surface area contributed by atoms with E-state index in [1.807, 2.05) is 20.8 Å². The summed E-state index contributed by atoms with van der Waals surface area (Å²) in [4.78, 5) is 40.4. The lowest BCUT2D eigenvalue weighted by Gasteiger charge is -2.21. The number of hydrogen-bond donors (Lipinski definition) is 1. The molecule has 0 amide bonds. The first-order valence-corrected chi connectivity index (χ1v) is 12.2. The number of hydrogen-bond acceptors (Lipinski definition) is 7. The molecule has 10 nitrogen and oxygen atoms in total. The van der Waals surface area contributed by atoms with E-state index < -0.39 is 16.3 Å². The molecule has 0 spiro atoms. The number of nitro benzene ring substituents is 1. The molecular formula is C27H23BrN4O6. The molecule has 0 atom stereocenters. The number of aromatic carboxylic acids is 1. The van der Waals surface area contributed by atoms with Crippen LogP contribution in [0.15, 0.2) is 75.0 Å². The number of benzene rings is 3. The van der Waals surface area contributed by atoms with Crippen molar-refractivity contribution in [2.24, 2.45) is 5.10 Å². The highest BCUT2D eigenvalue weighted by Crippen LogP contribution is 2.31. The van der Waals surface area contributed by atoms with Gasteiger partial charge in [-0.15, -0.1) is 0 Å². The number of carboxylic acids is 1. The van der Waals surface area contributed by atoms with Gasteiger partial charge in [0.25, 0.3) is 5.56 Å². The number of fused-ring (bicyclic) bond motifs is 1. The predicted molar refractivity (Wildman–Crippen MR) is 146 cm³/mol. The second kappa shape index (κ2) is 10.5. The Morgan fingerprint density at radius 3 is 2.53 bits per heavy atom. The van der Waals surface area contributed by atoms with Crippen molar-refractivity contribution >= 4 is 44.7 Å². The van der Waals surface area contributed by atoms with Gasteiger partial charge in [-0.3, -0.25) is 14.9 Å². The summed E-state index contributed by atoms with van der Waals surface area (Å²) in [7, 11) is 0. The van der Waals surface area contributed by atoms with E-state index in [0.29, 0.717) is 26.8 Å². The highest BCUT2D eigenvalue weighted by atomic mass is 79.9. The van der Waals surface area contributed by atoms with Crippen LogP contribution >= 0.6 is 15.9 Å². The van der Waals surface area contributed by atoms with Crippen LogP contribution in [-0.4, -0.2) is 31.9 Å². The van der Waals surface area contributed by atoms with Crippen LogP contribution in [0.25, 0.3) is 10.9 Å². The highest BCUT2D eigenvalue weighted by Gasteiger charge is 2.24. The maximum Gasteiger partial charge on any atom is 0.335 e. The molecule has 4 aromatic rings. The van der Waals surface area contributed by atoms with Crippen LogP contribution in [0, 0.1) is 10.1 Å². The SMILES string of the molecule is CC(C)(C)c1nc2ccc(Br)cc2c(=O)n1N=Cc1cccc([N+](=O)[O-])c1OCc1ccc(C(=O)O)cc1. The van der Waals surface area contributed by atoms with Crippen molar-refractivity contribution in [1.82, 2.24) is 9.66 Å². The van der Waals surface area contributed by atoms with E-state index in [1.54, 1.807) is 36.4 Å². The molecule has 0 fully saturated rings. The summed E-state index contributed by atoms with van der Waals surface area (Å²) in [6, 6.07) is 15.6. The predicted octanol–water partition coefficient (Wildman–Crippen LogP) is 5.52. The van der Waals surface area contributed by atoms with E-state index in [9.17, 15) is 19.7 Å². The Morgan fingerprint density at radius 2 is 1.89 bits per heavy atom. The first kappa shape index (κ1) is 26.7. The van der Waals surface area contributed by atoms with E-state index in [4.69, 9.17) is 9.84 Å². The number of carboxylic acid groups (broad SMARTS) is 1. The average molecular weight is 579 g/mol. The fourth-order valence-corrected chi connectivity index (χ4v) is 4.07. The summed E-state index contributed by atoms with van der Waals surface area (Å²) >= 11 is 3.38. The van der Waals surface area contributed by atoms with Crippen molar-refractivity contribution in [3.63, 3.8) is 0 Å². The second-order valence-electron chi connectivity index (χ2n) is 9.45. The minimum absolute atomic E-state index is 0.0367. The third kappa shape index (κ3) is 5.62. The maximum absolute atomic E-state index is 13.4. The van der Waals surface area contributed by atoms with E-state index in [0.717, 1.165) is 0 Å². The molecule has 194 valence electrons. The number of nitro groups is 1. The number of aromatic nitrogens is 2. The van der Waals surface area contributed by atoms with Gasteiger partial charge >= 0.3 is 11.7 Å². The zero-order valence-electron chi connectivity index (χ0n) is 20.7. The molecule has 0 aliphatic heterocycles. The van der Waals surface area contributed by atoms with Gasteiger partial charge in [-0.1, -0.05) is 54.9 Å². The molecule has 0 aliphatic rings. The normalized spacial score (nSPS) is 11.7. The third-order valence-corrected chi connectivity index (χ3v) is 6.09. The molecule has 0 unspecified atom stereocenters. The van der Waals surface area contributed by atoms with Crippen molar-refractivity contribution in [2.75, 3.05) is 0 Å². The van der Waals surface area contributed by atoms with Gasteiger partial charge in [-0.2, -0.15) is 9.78 Å². The highest BCUT2D eigenvalue weighted by molar-refractivity contribution is 9.10. The monoisotopic (exact) mass is 578 g/mol. The van der Waals surface area contributed by atoms with Crippen molar-refractivity contribution in [3.05, 3.63) is 108 Å². The van der Waals surface area contributed by atoms with Gasteiger partial charge in [0.05, 0.1) is 27.6 Å². The van der Waals surface area contributed by atoms with Gasteiger partial charge in [0.1, 0.15) is 12.4 Å². The van der Waals surface area contributed by atoms with Gasteiger partial charge in [0, 0.05) is 21.5 Å². The molecule has 3 aromatic carbocycles. The summed E-state index contributed by atoms with van der Waals surface area (Å²) in [6.45, 7) is 5.67. The fraction of sp³-hybridized carbons (Fsp3) is 0.185. The largest absolute Gasteiger partial charge is 0.481 e. The molecule has 1 N–H and O–H groups in total. The van der Waals surface area contributed by atoms with E-state index in [2.05, 4.69) is 26.0 Å². The number of carbonyl (C=O) groups is 1. The Labute approximate surface area is 225 Å². The Morgan fingerprint density at radius 1 is 1.18 bits per heavy atom. The molecule has 0 saturated heterocycles. The van der Waals surface area contributed by atoms with Gasteiger partial charge in [0.2, 0.25) is 5.75 Å². The molecule has 1 aromatic heterocycles. The van der Waals surface area contributed by atoms with E-state index in [1.165, 1.54) is 35.2 Å². The zero-order valence-corrected chi connectivity index (χ0v) is 22.3. The lowest BCUT2D eigenvalue weighted by Crippen LogP contribution is -2.29. The molecule has 4 rings (SSSR count). The fourth-order valence-electron chi connectivity index (χ4n) is 3.71. The molecule has 0 bridgehead atoms. The van der Waals surface area contributed by atoms with Crippen LogP contribution in [0.2, 0.25) is 0 Å². The van der Waals surface area contributed by atoms with Crippen molar-refractivity contribution in [3.8, 4) is 5.75 Å². The topological polar surface area (TPSA) is 137 Å². The van der Waals surface area contributed by atoms with Crippen LogP contribution in [0.1, 0.15) is 48.1 Å². The lowest BCUT2D eigenvalue weighted by atomic mass is 9.95. The number of para-hydroxylation sites is 1. The summed E-state index contributed by atoms with van der Waals surface area (Å²) in [6.07, 6.45) is 1.33. The second-order valence-corrected chi connectivity index (χ2v) is 10.4. The van der Waals surface area contributed by atoms with Crippen LogP contribution < -0.4 is 10.3 Å². The summed E-state index contributed by atoms with van der Waals surface area (Å²) < 4.78 is 7.74. The zero-order chi connectivity index (χ0) is 27.6. The third-order valence-electron chi connectivity index (χ3n) is 5.60. The van der Waals surface area contributed by atoms with Gasteiger partial charge < -0.3 is 9.84 Å². The molecule has 11 heteroatoms. The molecule has 0 aliphatic carbocycles. The minimum atomic E-state index is -1.06. The number of rotatable bonds is 7. The van der Waals surface area contributed by atoms with Crippen LogP contribution in [0.3, 0.4) is 0 Å². The van der Waals surface area contributed by atoms with E-state index >= 15 is 0 Å². The Balaban J connectivity index is 1.78. The maximum atomic E-state index is 13.4. The van der Waals surface area contributed by atoms with Crippen LogP contribution in [0.5, 0.6) is 5.75 Å². The van der Waals surface area contributed by atoms with Crippen molar-refractivity contribution in [2.45, 2.75) is 32.8 Å². The first-order valence-electron chi connectivity index (χ1n) is 11.5. The molecule has 0 saturated carbocycles. The van der Waals surface area contributed by atoms with Gasteiger partial charge in [-0.25, -0.2) is 9.78 Å². The van der Waals surface area contributed by atoms with Crippen molar-refractivity contribution in [1.29, 1.82) is 0 Å². The van der Waals surface area contributed by atoms with E-state index in [-0.39, 0.29) is 34.7 Å². The Kier molecular flexibility index (Phi) is 7.40. The van der Waals surface area contributed by atoms with Crippen LogP contribution in [0.4, 0.5) is 5.69 Å². The number of ether oxygens (including phenoxy) is 1. The summed E-state index contributed by atoms with van der Waals surface area (Å²) in [5.74, 6) is -0.680. The Hall–Kier alpha value is -4.38. The minimum Gasteiger partial charge on any atom is -0.481 e. The quantitative estimate of drug-likeness (QED) is 0.173. The van der Waals surface area contributed by atoms with Gasteiger partial charge in [0.15, 0.2) is 0 Å². The first-order chi connectivity index (χ1) is 18.0. The number of halogens is 1. The van der Waals surface area contributed by atoms with Crippen molar-refractivity contribution < 1.29 is 19.6 Å². The Bertz CT molecular complexity index is 1640.